The van der Waals surface area contributed by atoms with Crippen LogP contribution in [-0.2, 0) is 16.0 Å². The lowest BCUT2D eigenvalue weighted by molar-refractivity contribution is -0.124. The van der Waals surface area contributed by atoms with Crippen LogP contribution in [0.2, 0.25) is 0 Å². The Hall–Kier alpha value is -3.87. The largest absolute Gasteiger partial charge is 0.497 e. The van der Waals surface area contributed by atoms with Crippen LogP contribution in [0.3, 0.4) is 0 Å². The molecule has 160 valence electrons. The second kappa shape index (κ2) is 10.2. The first-order chi connectivity index (χ1) is 15.0. The number of hydrogen-bond acceptors (Lipinski definition) is 6. The summed E-state index contributed by atoms with van der Waals surface area (Å²) >= 11 is 0. The van der Waals surface area contributed by atoms with Crippen molar-refractivity contribution < 1.29 is 28.3 Å². The Labute approximate surface area is 180 Å². The number of benzene rings is 2. The molecule has 0 atom stereocenters. The number of ether oxygens (including phenoxy) is 2. The second-order valence-electron chi connectivity index (χ2n) is 6.82. The fraction of sp³-hybridized carbons (Fsp3) is 0.208. The Bertz CT molecular complexity index is 1050. The van der Waals surface area contributed by atoms with E-state index < -0.39 is 18.5 Å². The highest BCUT2D eigenvalue weighted by Gasteiger charge is 2.15. The molecular weight excluding hydrogens is 398 g/mol. The molecule has 0 aliphatic carbocycles. The summed E-state index contributed by atoms with van der Waals surface area (Å²) in [5.41, 5.74) is 2.37. The van der Waals surface area contributed by atoms with Crippen LogP contribution in [0.15, 0.2) is 65.1 Å². The van der Waals surface area contributed by atoms with Crippen LogP contribution in [0.5, 0.6) is 5.75 Å². The van der Waals surface area contributed by atoms with Crippen LogP contribution in [0, 0.1) is 0 Å². The van der Waals surface area contributed by atoms with Gasteiger partial charge in [-0.1, -0.05) is 36.4 Å². The number of Topliss-reactive ketones (excluding diaryl/α,β-unsaturated/α-hetero) is 1. The van der Waals surface area contributed by atoms with Gasteiger partial charge in [0, 0.05) is 17.7 Å². The molecule has 0 bridgehead atoms. The maximum absolute atomic E-state index is 12.1. The first-order valence-electron chi connectivity index (χ1n) is 9.74. The monoisotopic (exact) mass is 421 g/mol. The van der Waals surface area contributed by atoms with Gasteiger partial charge in [0.25, 0.3) is 5.91 Å². The van der Waals surface area contributed by atoms with Crippen molar-refractivity contribution in [2.75, 3.05) is 20.3 Å². The minimum atomic E-state index is -0.725. The Balaban J connectivity index is 1.44. The predicted molar refractivity (Wildman–Crippen MR) is 114 cm³/mol. The summed E-state index contributed by atoms with van der Waals surface area (Å²) in [6.07, 6.45) is 0.646. The first kappa shape index (κ1) is 21.8. The van der Waals surface area contributed by atoms with Gasteiger partial charge < -0.3 is 19.2 Å². The minimum Gasteiger partial charge on any atom is -0.497 e. The normalized spacial score (nSPS) is 10.4. The van der Waals surface area contributed by atoms with Crippen LogP contribution >= 0.6 is 0 Å². The standard InChI is InChI=1S/C24H23NO6/c1-16(26)18-5-7-19(8-6-18)21-11-12-22(31-21)24(28)30-15-23(27)25-14-13-17-3-9-20(29-2)10-4-17/h3-12H,13-15H2,1-2H3,(H,25,27). The SMILES string of the molecule is COc1ccc(CCNC(=O)COC(=O)c2ccc(-c3ccc(C(C)=O)cc3)o2)cc1. The van der Waals surface area contributed by atoms with Crippen molar-refractivity contribution in [1.29, 1.82) is 0 Å². The molecule has 0 radical (unpaired) electrons. The minimum absolute atomic E-state index is 0.00308. The van der Waals surface area contributed by atoms with Gasteiger partial charge in [-0.25, -0.2) is 4.79 Å². The van der Waals surface area contributed by atoms with Gasteiger partial charge in [0.2, 0.25) is 5.76 Å². The highest BCUT2D eigenvalue weighted by Crippen LogP contribution is 2.23. The van der Waals surface area contributed by atoms with E-state index in [1.54, 1.807) is 37.4 Å². The molecule has 0 fully saturated rings. The number of furan rings is 1. The molecular formula is C24H23NO6. The lowest BCUT2D eigenvalue weighted by atomic mass is 10.1. The number of carbonyl (C=O) groups excluding carboxylic acids is 3. The van der Waals surface area contributed by atoms with E-state index in [-0.39, 0.29) is 11.5 Å². The molecule has 0 aliphatic heterocycles. The summed E-state index contributed by atoms with van der Waals surface area (Å²) in [5, 5.41) is 2.71. The molecule has 1 amide bonds. The highest BCUT2D eigenvalue weighted by atomic mass is 16.5. The summed E-state index contributed by atoms with van der Waals surface area (Å²) < 4.78 is 15.6. The van der Waals surface area contributed by atoms with Gasteiger partial charge >= 0.3 is 5.97 Å². The van der Waals surface area contributed by atoms with Gasteiger partial charge in [-0.05, 0) is 43.2 Å². The number of rotatable bonds is 9. The molecule has 1 heterocycles. The lowest BCUT2D eigenvalue weighted by Gasteiger charge is -2.06. The molecule has 1 N–H and O–H groups in total. The van der Waals surface area contributed by atoms with Gasteiger partial charge in [0.1, 0.15) is 11.5 Å². The molecule has 1 aromatic heterocycles. The van der Waals surface area contributed by atoms with Gasteiger partial charge in [-0.3, -0.25) is 9.59 Å². The molecule has 7 nitrogen and oxygen atoms in total. The average Bonchev–Trinajstić information content (AvgIpc) is 3.28. The third-order valence-electron chi connectivity index (χ3n) is 4.61. The van der Waals surface area contributed by atoms with Crippen LogP contribution in [0.1, 0.15) is 33.4 Å². The Kier molecular flexibility index (Phi) is 7.22. The van der Waals surface area contributed by atoms with E-state index in [9.17, 15) is 14.4 Å². The topological polar surface area (TPSA) is 94.8 Å². The third-order valence-corrected chi connectivity index (χ3v) is 4.61. The second-order valence-corrected chi connectivity index (χ2v) is 6.82. The van der Waals surface area contributed by atoms with E-state index in [2.05, 4.69) is 5.32 Å². The molecule has 0 saturated heterocycles. The predicted octanol–water partition coefficient (Wildman–Crippen LogP) is 3.67. The number of ketones is 1. The molecule has 0 spiro atoms. The number of hydrogen-bond donors (Lipinski definition) is 1. The molecule has 3 aromatic rings. The van der Waals surface area contributed by atoms with Gasteiger partial charge in [0.15, 0.2) is 12.4 Å². The fourth-order valence-corrected chi connectivity index (χ4v) is 2.86. The molecule has 0 saturated carbocycles. The smallest absolute Gasteiger partial charge is 0.374 e. The molecule has 0 unspecified atom stereocenters. The third kappa shape index (κ3) is 6.05. The summed E-state index contributed by atoms with van der Waals surface area (Å²) in [5.74, 6) is 0.0828. The van der Waals surface area contributed by atoms with E-state index in [0.717, 1.165) is 16.9 Å². The number of methoxy groups -OCH3 is 1. The first-order valence-corrected chi connectivity index (χ1v) is 9.74. The van der Waals surface area contributed by atoms with Crippen LogP contribution in [0.25, 0.3) is 11.3 Å². The molecule has 7 heteroatoms. The Morgan fingerprint density at radius 3 is 2.29 bits per heavy atom. The lowest BCUT2D eigenvalue weighted by Crippen LogP contribution is -2.30. The molecule has 0 aliphatic rings. The number of carbonyl (C=O) groups is 3. The molecule has 31 heavy (non-hydrogen) atoms. The maximum Gasteiger partial charge on any atom is 0.374 e. The van der Waals surface area contributed by atoms with Crippen LogP contribution < -0.4 is 10.1 Å². The van der Waals surface area contributed by atoms with E-state index in [1.807, 2.05) is 24.3 Å². The van der Waals surface area contributed by atoms with Crippen molar-refractivity contribution in [3.8, 4) is 17.1 Å². The van der Waals surface area contributed by atoms with Crippen LogP contribution in [0.4, 0.5) is 0 Å². The Morgan fingerprint density at radius 2 is 1.65 bits per heavy atom. The average molecular weight is 421 g/mol. The summed E-state index contributed by atoms with van der Waals surface area (Å²) in [6, 6.07) is 17.5. The van der Waals surface area contributed by atoms with Crippen molar-refractivity contribution in [2.24, 2.45) is 0 Å². The van der Waals surface area contributed by atoms with E-state index in [1.165, 1.54) is 13.0 Å². The van der Waals surface area contributed by atoms with E-state index >= 15 is 0 Å². The zero-order chi connectivity index (χ0) is 22.2. The van der Waals surface area contributed by atoms with Crippen molar-refractivity contribution >= 4 is 17.7 Å². The van der Waals surface area contributed by atoms with Gasteiger partial charge in [-0.2, -0.15) is 0 Å². The maximum atomic E-state index is 12.1. The van der Waals surface area contributed by atoms with Crippen molar-refractivity contribution in [3.05, 3.63) is 77.6 Å². The van der Waals surface area contributed by atoms with E-state index in [0.29, 0.717) is 24.3 Å². The highest BCUT2D eigenvalue weighted by molar-refractivity contribution is 5.94. The fourth-order valence-electron chi connectivity index (χ4n) is 2.86. The summed E-state index contributed by atoms with van der Waals surface area (Å²) in [6.45, 7) is 1.51. The zero-order valence-electron chi connectivity index (χ0n) is 17.3. The van der Waals surface area contributed by atoms with Crippen molar-refractivity contribution in [2.45, 2.75) is 13.3 Å². The number of amides is 1. The van der Waals surface area contributed by atoms with E-state index in [4.69, 9.17) is 13.9 Å². The van der Waals surface area contributed by atoms with Gasteiger partial charge in [0.05, 0.1) is 7.11 Å². The quantitative estimate of drug-likeness (QED) is 0.418. The Morgan fingerprint density at radius 1 is 0.935 bits per heavy atom. The van der Waals surface area contributed by atoms with Crippen molar-refractivity contribution in [3.63, 3.8) is 0 Å². The van der Waals surface area contributed by atoms with Crippen molar-refractivity contribution in [1.82, 2.24) is 5.32 Å². The number of esters is 1. The van der Waals surface area contributed by atoms with Crippen LogP contribution in [-0.4, -0.2) is 37.9 Å². The van der Waals surface area contributed by atoms with Gasteiger partial charge in [-0.15, -0.1) is 0 Å². The molecule has 3 rings (SSSR count). The molecule has 2 aromatic carbocycles. The summed E-state index contributed by atoms with van der Waals surface area (Å²) in [4.78, 5) is 35.4. The zero-order valence-corrected chi connectivity index (χ0v) is 17.3. The summed E-state index contributed by atoms with van der Waals surface area (Å²) in [7, 11) is 1.60. The number of nitrogens with one attached hydrogen (secondary N) is 1.